The van der Waals surface area contributed by atoms with Gasteiger partial charge >= 0.3 is 0 Å². The number of phenolic OH excluding ortho intramolecular Hbond substituents is 1. The van der Waals surface area contributed by atoms with E-state index in [1.807, 2.05) is 67.6 Å². The zero-order valence-electron chi connectivity index (χ0n) is 17.5. The molecule has 0 amide bonds. The van der Waals surface area contributed by atoms with E-state index in [0.29, 0.717) is 17.4 Å². The van der Waals surface area contributed by atoms with E-state index in [9.17, 15) is 5.11 Å². The molecule has 3 aromatic rings. The minimum absolute atomic E-state index is 0.0925. The highest BCUT2D eigenvalue weighted by Crippen LogP contribution is 2.35. The molecule has 4 N–H and O–H groups in total. The first-order valence-electron chi connectivity index (χ1n) is 10.3. The van der Waals surface area contributed by atoms with Gasteiger partial charge in [0.15, 0.2) is 17.7 Å². The molecule has 160 valence electrons. The van der Waals surface area contributed by atoms with Crippen LogP contribution in [0.25, 0.3) is 5.70 Å². The Kier molecular flexibility index (Phi) is 6.35. The lowest BCUT2D eigenvalue weighted by atomic mass is 9.97. The minimum atomic E-state index is -0.133. The number of nitrogens with two attached hydrogens (primary N) is 1. The maximum absolute atomic E-state index is 10.9. The van der Waals surface area contributed by atoms with Crippen LogP contribution in [0.15, 0.2) is 72.8 Å². The molecule has 0 bridgehead atoms. The molecule has 0 saturated carbocycles. The van der Waals surface area contributed by atoms with E-state index in [4.69, 9.17) is 21.1 Å². The van der Waals surface area contributed by atoms with Gasteiger partial charge in [-0.15, -0.1) is 0 Å². The van der Waals surface area contributed by atoms with Gasteiger partial charge in [0.2, 0.25) is 0 Å². The van der Waals surface area contributed by atoms with Crippen LogP contribution in [0.2, 0.25) is 5.02 Å². The summed E-state index contributed by atoms with van der Waals surface area (Å²) in [5, 5.41) is 17.3. The van der Waals surface area contributed by atoms with Crippen LogP contribution in [0, 0.1) is 0 Å². The molecule has 0 saturated heterocycles. The summed E-state index contributed by atoms with van der Waals surface area (Å²) in [5.41, 5.74) is 3.80. The summed E-state index contributed by atoms with van der Waals surface area (Å²) in [5.74, 6) is 1.44. The molecule has 4 rings (SSSR count). The Bertz CT molecular complexity index is 1100. The van der Waals surface area contributed by atoms with Gasteiger partial charge in [-0.3, -0.25) is 0 Å². The topological polar surface area (TPSA) is 67.3 Å². The Morgan fingerprint density at radius 2 is 1.87 bits per heavy atom. The van der Waals surface area contributed by atoms with Crippen molar-refractivity contribution in [3.05, 3.63) is 94.5 Å². The van der Waals surface area contributed by atoms with Crippen LogP contribution in [0.5, 0.6) is 17.2 Å². The van der Waals surface area contributed by atoms with Crippen LogP contribution in [-0.2, 0) is 0 Å². The molecule has 1 heterocycles. The molecule has 0 fully saturated rings. The first-order chi connectivity index (χ1) is 15.1. The Morgan fingerprint density at radius 3 is 2.65 bits per heavy atom. The third-order valence-corrected chi connectivity index (χ3v) is 5.57. The largest absolute Gasteiger partial charge is 0.504 e. The molecule has 3 aromatic carbocycles. The van der Waals surface area contributed by atoms with Crippen molar-refractivity contribution in [2.45, 2.75) is 19.1 Å². The number of ether oxygens (including phenoxy) is 2. The minimum Gasteiger partial charge on any atom is -0.504 e. The van der Waals surface area contributed by atoms with Crippen molar-refractivity contribution in [1.82, 2.24) is 5.32 Å². The van der Waals surface area contributed by atoms with E-state index < -0.39 is 0 Å². The summed E-state index contributed by atoms with van der Waals surface area (Å²) < 4.78 is 11.0. The Labute approximate surface area is 187 Å². The number of phenols is 1. The van der Waals surface area contributed by atoms with Crippen molar-refractivity contribution in [3.63, 3.8) is 0 Å². The average molecular weight is 438 g/mol. The van der Waals surface area contributed by atoms with Gasteiger partial charge in [0, 0.05) is 27.9 Å². The summed E-state index contributed by atoms with van der Waals surface area (Å²) in [6, 6.07) is 21.2. The molecule has 6 heteroatoms. The van der Waals surface area contributed by atoms with Gasteiger partial charge < -0.3 is 25.2 Å². The second kappa shape index (κ2) is 9.33. The van der Waals surface area contributed by atoms with Crippen molar-refractivity contribution in [3.8, 4) is 17.2 Å². The second-order valence-electron chi connectivity index (χ2n) is 7.33. The highest BCUT2D eigenvalue weighted by molar-refractivity contribution is 6.30. The van der Waals surface area contributed by atoms with Gasteiger partial charge in [-0.2, -0.15) is 0 Å². The fourth-order valence-electron chi connectivity index (χ4n) is 3.84. The molecular formula is C25H26ClN2O3+. The number of aromatic hydroxyl groups is 1. The number of para-hydroxylation sites is 1. The second-order valence-corrected chi connectivity index (χ2v) is 7.77. The Morgan fingerprint density at radius 1 is 1.06 bits per heavy atom. The molecule has 0 radical (unpaired) electrons. The summed E-state index contributed by atoms with van der Waals surface area (Å²) >= 11 is 6.26. The van der Waals surface area contributed by atoms with E-state index in [-0.39, 0.29) is 18.0 Å². The van der Waals surface area contributed by atoms with Gasteiger partial charge in [0.25, 0.3) is 0 Å². The van der Waals surface area contributed by atoms with Gasteiger partial charge in [0.05, 0.1) is 19.3 Å². The third kappa shape index (κ3) is 4.63. The molecule has 2 atom stereocenters. The quantitative estimate of drug-likeness (QED) is 0.534. The van der Waals surface area contributed by atoms with Crippen LogP contribution >= 0.6 is 11.6 Å². The van der Waals surface area contributed by atoms with E-state index in [1.165, 1.54) is 0 Å². The average Bonchev–Trinajstić information content (AvgIpc) is 2.80. The predicted octanol–water partition coefficient (Wildman–Crippen LogP) is 4.40. The number of hydrogen-bond donors (Lipinski definition) is 3. The maximum atomic E-state index is 10.9. The van der Waals surface area contributed by atoms with Crippen LogP contribution in [0.4, 0.5) is 0 Å². The SMILES string of the molecule is CCOc1cccc(C2C=C(c3cccc(OC)c3)NC(c3cccc(Cl)c3)[NH2+]2)c1O. The number of benzene rings is 3. The van der Waals surface area contributed by atoms with Crippen LogP contribution in [0.3, 0.4) is 0 Å². The molecule has 0 spiro atoms. The molecular weight excluding hydrogens is 412 g/mol. The molecule has 2 unspecified atom stereocenters. The summed E-state index contributed by atoms with van der Waals surface area (Å²) in [6.45, 7) is 2.39. The standard InChI is InChI=1S/C25H25ClN2O3/c1-3-31-23-12-6-11-20(24(23)29)22-15-21(16-7-5-10-19(14-16)30-2)27-25(28-22)17-8-4-9-18(26)13-17/h4-15,22,25,27-29H,3H2,1-2H3/p+1. The predicted molar refractivity (Wildman–Crippen MR) is 122 cm³/mol. The summed E-state index contributed by atoms with van der Waals surface area (Å²) in [4.78, 5) is 0. The normalized spacial score (nSPS) is 18.1. The Hall–Kier alpha value is -3.15. The Balaban J connectivity index is 1.78. The summed E-state index contributed by atoms with van der Waals surface area (Å²) in [6.07, 6.45) is 2.02. The summed E-state index contributed by atoms with van der Waals surface area (Å²) in [7, 11) is 1.66. The van der Waals surface area contributed by atoms with E-state index >= 15 is 0 Å². The first-order valence-corrected chi connectivity index (χ1v) is 10.6. The van der Waals surface area contributed by atoms with Crippen molar-refractivity contribution in [1.29, 1.82) is 0 Å². The fourth-order valence-corrected chi connectivity index (χ4v) is 4.04. The molecule has 31 heavy (non-hydrogen) atoms. The van der Waals surface area contributed by atoms with Crippen LogP contribution in [-0.4, -0.2) is 18.8 Å². The molecule has 1 aliphatic rings. The molecule has 5 nitrogen and oxygen atoms in total. The smallest absolute Gasteiger partial charge is 0.186 e. The highest BCUT2D eigenvalue weighted by atomic mass is 35.5. The van der Waals surface area contributed by atoms with Gasteiger partial charge in [0.1, 0.15) is 11.8 Å². The van der Waals surface area contributed by atoms with E-state index in [0.717, 1.165) is 28.1 Å². The lowest BCUT2D eigenvalue weighted by molar-refractivity contribution is -0.731. The lowest BCUT2D eigenvalue weighted by Gasteiger charge is -2.30. The van der Waals surface area contributed by atoms with Gasteiger partial charge in [-0.1, -0.05) is 41.9 Å². The number of quaternary nitrogens is 1. The number of rotatable bonds is 6. The van der Waals surface area contributed by atoms with Crippen LogP contribution < -0.4 is 20.1 Å². The number of hydrogen-bond acceptors (Lipinski definition) is 4. The molecule has 0 aromatic heterocycles. The van der Waals surface area contributed by atoms with Crippen LogP contribution in [0.1, 0.15) is 35.8 Å². The molecule has 0 aliphatic carbocycles. The van der Waals surface area contributed by atoms with E-state index in [2.05, 4.69) is 16.7 Å². The zero-order chi connectivity index (χ0) is 21.8. The maximum Gasteiger partial charge on any atom is 0.186 e. The number of halogens is 1. The fraction of sp³-hybridized carbons (Fsp3) is 0.200. The van der Waals surface area contributed by atoms with Gasteiger partial charge in [-0.05, 0) is 43.3 Å². The van der Waals surface area contributed by atoms with E-state index in [1.54, 1.807) is 13.2 Å². The number of methoxy groups -OCH3 is 1. The van der Waals surface area contributed by atoms with Gasteiger partial charge in [-0.25, -0.2) is 0 Å². The monoisotopic (exact) mass is 437 g/mol. The van der Waals surface area contributed by atoms with Crippen molar-refractivity contribution in [2.24, 2.45) is 0 Å². The zero-order valence-corrected chi connectivity index (χ0v) is 18.3. The highest BCUT2D eigenvalue weighted by Gasteiger charge is 2.30. The first kappa shape index (κ1) is 21.1. The van der Waals surface area contributed by atoms with Crippen molar-refractivity contribution >= 4 is 17.3 Å². The number of nitrogens with one attached hydrogen (secondary N) is 1. The van der Waals surface area contributed by atoms with Crippen molar-refractivity contribution < 1.29 is 19.9 Å². The molecule has 1 aliphatic heterocycles. The lowest BCUT2D eigenvalue weighted by Crippen LogP contribution is -2.89. The third-order valence-electron chi connectivity index (χ3n) is 5.33. The van der Waals surface area contributed by atoms with Crippen molar-refractivity contribution in [2.75, 3.05) is 13.7 Å².